The molecule has 0 amide bonds. The fraction of sp³-hybridized carbons (Fsp3) is 0.167. The number of anilines is 1. The molecule has 0 spiro atoms. The molecule has 0 unspecified atom stereocenters. The maximum absolute atomic E-state index is 13.2. The maximum atomic E-state index is 13.2. The van der Waals surface area contributed by atoms with Crippen LogP contribution in [-0.2, 0) is 6.54 Å². The second-order valence-electron chi connectivity index (χ2n) is 3.93. The van der Waals surface area contributed by atoms with E-state index in [0.717, 1.165) is 11.3 Å². The highest BCUT2D eigenvalue weighted by atomic mass is 79.9. The third-order valence-electron chi connectivity index (χ3n) is 2.55. The van der Waals surface area contributed by atoms with Crippen LogP contribution in [0.1, 0.15) is 11.3 Å². The Morgan fingerprint density at radius 3 is 2.84 bits per heavy atom. The van der Waals surface area contributed by atoms with E-state index in [-0.39, 0.29) is 18.2 Å². The lowest BCUT2D eigenvalue weighted by atomic mass is 10.2. The van der Waals surface area contributed by atoms with Crippen LogP contribution in [0.25, 0.3) is 0 Å². The quantitative estimate of drug-likeness (QED) is 0.680. The summed E-state index contributed by atoms with van der Waals surface area (Å²) in [5, 5.41) is 13.5. The minimum atomic E-state index is -0.594. The summed E-state index contributed by atoms with van der Waals surface area (Å²) in [6, 6.07) is 5.84. The number of nitrogens with one attached hydrogen (secondary N) is 1. The van der Waals surface area contributed by atoms with Crippen molar-refractivity contribution in [1.82, 2.24) is 0 Å². The Hall–Kier alpha value is -1.89. The van der Waals surface area contributed by atoms with Gasteiger partial charge >= 0.3 is 5.88 Å². The first-order valence-electron chi connectivity index (χ1n) is 5.40. The van der Waals surface area contributed by atoms with Crippen LogP contribution >= 0.6 is 15.9 Å². The molecule has 0 aliphatic carbocycles. The third-order valence-corrected chi connectivity index (χ3v) is 3.16. The second kappa shape index (κ2) is 5.40. The fourth-order valence-corrected chi connectivity index (χ4v) is 1.92. The van der Waals surface area contributed by atoms with Gasteiger partial charge in [-0.25, -0.2) is 4.39 Å². The summed E-state index contributed by atoms with van der Waals surface area (Å²) < 4.78 is 18.6. The molecular weight excluding hydrogens is 319 g/mol. The average Bonchev–Trinajstić information content (AvgIpc) is 2.81. The lowest BCUT2D eigenvalue weighted by molar-refractivity contribution is -0.402. The minimum absolute atomic E-state index is 0.284. The predicted octanol–water partition coefficient (Wildman–Crippen LogP) is 4.01. The molecule has 0 fully saturated rings. The van der Waals surface area contributed by atoms with E-state index in [1.807, 2.05) is 0 Å². The van der Waals surface area contributed by atoms with E-state index < -0.39 is 4.92 Å². The number of hydrogen-bond donors (Lipinski definition) is 1. The van der Waals surface area contributed by atoms with Crippen LogP contribution in [0.5, 0.6) is 0 Å². The summed E-state index contributed by atoms with van der Waals surface area (Å²) in [5.41, 5.74) is 1.47. The SMILES string of the molecule is Cc1cc(F)c(Br)cc1NCc1ccc([N+](=O)[O-])o1. The van der Waals surface area contributed by atoms with E-state index in [0.29, 0.717) is 10.2 Å². The van der Waals surface area contributed by atoms with Gasteiger partial charge in [0, 0.05) is 5.69 Å². The zero-order chi connectivity index (χ0) is 14.0. The van der Waals surface area contributed by atoms with E-state index in [4.69, 9.17) is 4.42 Å². The zero-order valence-corrected chi connectivity index (χ0v) is 11.5. The minimum Gasteiger partial charge on any atom is -0.404 e. The van der Waals surface area contributed by atoms with E-state index in [1.165, 1.54) is 18.2 Å². The van der Waals surface area contributed by atoms with Crippen LogP contribution in [0, 0.1) is 22.9 Å². The van der Waals surface area contributed by atoms with Gasteiger partial charge in [0.2, 0.25) is 0 Å². The highest BCUT2D eigenvalue weighted by Gasteiger charge is 2.12. The number of aryl methyl sites for hydroxylation is 1. The van der Waals surface area contributed by atoms with Crippen molar-refractivity contribution in [3.05, 3.63) is 56.0 Å². The van der Waals surface area contributed by atoms with Crippen molar-refractivity contribution in [2.75, 3.05) is 5.32 Å². The van der Waals surface area contributed by atoms with E-state index in [9.17, 15) is 14.5 Å². The third kappa shape index (κ3) is 3.11. The highest BCUT2D eigenvalue weighted by molar-refractivity contribution is 9.10. The van der Waals surface area contributed by atoms with Crippen LogP contribution in [0.3, 0.4) is 0 Å². The smallest absolute Gasteiger partial charge is 0.404 e. The zero-order valence-electron chi connectivity index (χ0n) is 9.94. The van der Waals surface area contributed by atoms with Crippen molar-refractivity contribution in [1.29, 1.82) is 0 Å². The number of benzene rings is 1. The number of hydrogen-bond acceptors (Lipinski definition) is 4. The van der Waals surface area contributed by atoms with Gasteiger partial charge in [0.05, 0.1) is 17.1 Å². The molecule has 0 saturated heterocycles. The fourth-order valence-electron chi connectivity index (χ4n) is 1.58. The van der Waals surface area contributed by atoms with Crippen LogP contribution in [0.15, 0.2) is 33.2 Å². The van der Waals surface area contributed by atoms with Crippen molar-refractivity contribution in [3.8, 4) is 0 Å². The van der Waals surface area contributed by atoms with Crippen molar-refractivity contribution in [2.24, 2.45) is 0 Å². The summed E-state index contributed by atoms with van der Waals surface area (Å²) in [5.74, 6) is -0.197. The summed E-state index contributed by atoms with van der Waals surface area (Å²) in [6.45, 7) is 2.05. The topological polar surface area (TPSA) is 68.3 Å². The van der Waals surface area contributed by atoms with Crippen molar-refractivity contribution in [3.63, 3.8) is 0 Å². The first-order chi connectivity index (χ1) is 8.97. The second-order valence-corrected chi connectivity index (χ2v) is 4.79. The summed E-state index contributed by atoms with van der Waals surface area (Å²) in [6.07, 6.45) is 0. The largest absolute Gasteiger partial charge is 0.433 e. The standard InChI is InChI=1S/C12H10BrFN2O3/c1-7-4-10(14)9(13)5-11(7)15-6-8-2-3-12(19-8)16(17)18/h2-5,15H,6H2,1H3. The van der Waals surface area contributed by atoms with Crippen LogP contribution in [0.4, 0.5) is 16.0 Å². The van der Waals surface area contributed by atoms with Crippen LogP contribution in [0.2, 0.25) is 0 Å². The van der Waals surface area contributed by atoms with Crippen LogP contribution < -0.4 is 5.32 Å². The Labute approximate surface area is 116 Å². The molecule has 1 heterocycles. The molecule has 0 aliphatic rings. The van der Waals surface area contributed by atoms with E-state index >= 15 is 0 Å². The molecule has 0 aliphatic heterocycles. The van der Waals surface area contributed by atoms with Crippen molar-refractivity contribution >= 4 is 27.5 Å². The van der Waals surface area contributed by atoms with Gasteiger partial charge in [0.1, 0.15) is 16.5 Å². The Kier molecular flexibility index (Phi) is 3.84. The molecule has 7 heteroatoms. The molecule has 1 aromatic heterocycles. The van der Waals surface area contributed by atoms with Gasteiger partial charge in [-0.15, -0.1) is 0 Å². The van der Waals surface area contributed by atoms with Crippen molar-refractivity contribution < 1.29 is 13.7 Å². The Bertz CT molecular complexity index is 627. The molecule has 0 atom stereocenters. The monoisotopic (exact) mass is 328 g/mol. The molecular formula is C12H10BrFN2O3. The molecule has 1 aromatic carbocycles. The number of rotatable bonds is 4. The Morgan fingerprint density at radius 1 is 1.47 bits per heavy atom. The summed E-state index contributed by atoms with van der Waals surface area (Å²) in [4.78, 5) is 9.87. The predicted molar refractivity (Wildman–Crippen MR) is 71.5 cm³/mol. The number of nitrogens with zero attached hydrogens (tertiary/aromatic N) is 1. The normalized spacial score (nSPS) is 10.5. The average molecular weight is 329 g/mol. The van der Waals surface area contributed by atoms with Crippen LogP contribution in [-0.4, -0.2) is 4.92 Å². The molecule has 0 radical (unpaired) electrons. The molecule has 100 valence electrons. The number of furan rings is 1. The van der Waals surface area contributed by atoms with Gasteiger partial charge in [-0.05, 0) is 46.6 Å². The van der Waals surface area contributed by atoms with Gasteiger partial charge in [0.15, 0.2) is 0 Å². The maximum Gasteiger partial charge on any atom is 0.433 e. The molecule has 0 saturated carbocycles. The first kappa shape index (κ1) is 13.5. The summed E-state index contributed by atoms with van der Waals surface area (Å²) >= 11 is 3.10. The first-order valence-corrected chi connectivity index (χ1v) is 6.19. The Balaban J connectivity index is 2.09. The highest BCUT2D eigenvalue weighted by Crippen LogP contribution is 2.25. The van der Waals surface area contributed by atoms with E-state index in [1.54, 1.807) is 13.0 Å². The van der Waals surface area contributed by atoms with Gasteiger partial charge in [0.25, 0.3) is 0 Å². The van der Waals surface area contributed by atoms with Crippen molar-refractivity contribution in [2.45, 2.75) is 13.5 Å². The molecule has 5 nitrogen and oxygen atoms in total. The van der Waals surface area contributed by atoms with E-state index in [2.05, 4.69) is 21.2 Å². The van der Waals surface area contributed by atoms with Gasteiger partial charge in [-0.2, -0.15) is 0 Å². The number of nitro groups is 1. The number of halogens is 2. The lowest BCUT2D eigenvalue weighted by Gasteiger charge is -2.09. The molecule has 19 heavy (non-hydrogen) atoms. The molecule has 2 rings (SSSR count). The van der Waals surface area contributed by atoms with Gasteiger partial charge in [-0.3, -0.25) is 10.1 Å². The molecule has 0 bridgehead atoms. The Morgan fingerprint density at radius 2 is 2.21 bits per heavy atom. The van der Waals surface area contributed by atoms with Gasteiger partial charge in [-0.1, -0.05) is 0 Å². The molecule has 2 aromatic rings. The van der Waals surface area contributed by atoms with Gasteiger partial charge < -0.3 is 9.73 Å². The summed E-state index contributed by atoms with van der Waals surface area (Å²) in [7, 11) is 0. The molecule has 1 N–H and O–H groups in total. The lowest BCUT2D eigenvalue weighted by Crippen LogP contribution is -2.00.